The van der Waals surface area contributed by atoms with E-state index in [4.69, 9.17) is 9.47 Å². The van der Waals surface area contributed by atoms with Gasteiger partial charge in [-0.1, -0.05) is 19.9 Å². The number of carbonyl (C=O) groups is 2. The molecule has 1 amide bonds. The number of ether oxygens (including phenoxy) is 2. The van der Waals surface area contributed by atoms with Crippen molar-refractivity contribution < 1.29 is 19.1 Å². The molecule has 0 spiro atoms. The highest BCUT2D eigenvalue weighted by molar-refractivity contribution is 5.87. The normalized spacial score (nSPS) is 11.4. The summed E-state index contributed by atoms with van der Waals surface area (Å²) in [4.78, 5) is 22.2. The minimum atomic E-state index is -0.724. The van der Waals surface area contributed by atoms with Crippen LogP contribution in [0.2, 0.25) is 0 Å². The zero-order valence-electron chi connectivity index (χ0n) is 10.0. The van der Waals surface area contributed by atoms with Crippen LogP contribution in [0.4, 0.5) is 4.79 Å². The van der Waals surface area contributed by atoms with Crippen LogP contribution in [-0.2, 0) is 14.3 Å². The van der Waals surface area contributed by atoms with Crippen LogP contribution in [0.1, 0.15) is 33.6 Å². The Labute approximate surface area is 95.8 Å². The first-order valence-electron chi connectivity index (χ1n) is 5.27. The topological polar surface area (TPSA) is 64.6 Å². The van der Waals surface area contributed by atoms with Crippen LogP contribution in [0.3, 0.4) is 0 Å². The summed E-state index contributed by atoms with van der Waals surface area (Å²) in [5, 5.41) is 2.38. The SMILES string of the molecule is C=C(C)C(=O)OC(C)NC(=O)OCCCC. The monoisotopic (exact) mass is 229 g/mol. The number of esters is 1. The molecule has 16 heavy (non-hydrogen) atoms. The molecule has 0 heterocycles. The molecule has 0 saturated heterocycles. The van der Waals surface area contributed by atoms with E-state index in [-0.39, 0.29) is 5.57 Å². The standard InChI is InChI=1S/C11H19NO4/c1-5-6-7-15-11(14)12-9(4)16-10(13)8(2)3/h9H,2,5-7H2,1,3-4H3,(H,12,14). The molecule has 92 valence electrons. The third kappa shape index (κ3) is 6.86. The number of alkyl carbamates (subject to hydrolysis) is 1. The zero-order valence-corrected chi connectivity index (χ0v) is 10.0. The number of nitrogens with one attached hydrogen (secondary N) is 1. The molecule has 0 aliphatic rings. The van der Waals surface area contributed by atoms with E-state index in [9.17, 15) is 9.59 Å². The minimum absolute atomic E-state index is 0.285. The highest BCUT2D eigenvalue weighted by atomic mass is 16.6. The second kappa shape index (κ2) is 7.73. The quantitative estimate of drug-likeness (QED) is 0.327. The summed E-state index contributed by atoms with van der Waals surface area (Å²) in [6.07, 6.45) is 0.453. The van der Waals surface area contributed by atoms with Crippen LogP contribution in [-0.4, -0.2) is 24.9 Å². The molecule has 0 aliphatic heterocycles. The first kappa shape index (κ1) is 14.5. The summed E-state index contributed by atoms with van der Waals surface area (Å²) in [6, 6.07) is 0. The van der Waals surface area contributed by atoms with Crippen LogP contribution in [0.15, 0.2) is 12.2 Å². The zero-order chi connectivity index (χ0) is 12.6. The van der Waals surface area contributed by atoms with Gasteiger partial charge in [-0.25, -0.2) is 9.59 Å². The molecule has 0 aromatic carbocycles. The predicted molar refractivity (Wildman–Crippen MR) is 59.8 cm³/mol. The van der Waals surface area contributed by atoms with Gasteiger partial charge in [-0.05, 0) is 20.3 Å². The number of amides is 1. The average molecular weight is 229 g/mol. The fraction of sp³-hybridized carbons (Fsp3) is 0.636. The van der Waals surface area contributed by atoms with E-state index in [1.165, 1.54) is 6.92 Å². The molecule has 1 unspecified atom stereocenters. The fourth-order valence-corrected chi connectivity index (χ4v) is 0.807. The molecular weight excluding hydrogens is 210 g/mol. The first-order chi connectivity index (χ1) is 7.47. The summed E-state index contributed by atoms with van der Waals surface area (Å²) in [5.74, 6) is -0.540. The van der Waals surface area contributed by atoms with Crippen molar-refractivity contribution in [1.29, 1.82) is 0 Å². The summed E-state index contributed by atoms with van der Waals surface area (Å²) in [6.45, 7) is 8.87. The van der Waals surface area contributed by atoms with E-state index in [0.29, 0.717) is 6.61 Å². The predicted octanol–water partition coefficient (Wildman–Crippen LogP) is 1.98. The molecule has 1 N–H and O–H groups in total. The molecular formula is C11H19NO4. The summed E-state index contributed by atoms with van der Waals surface area (Å²) in [5.41, 5.74) is 0.285. The Hall–Kier alpha value is -1.52. The van der Waals surface area contributed by atoms with Crippen LogP contribution >= 0.6 is 0 Å². The maximum atomic E-state index is 11.1. The van der Waals surface area contributed by atoms with Crippen molar-refractivity contribution >= 4 is 12.1 Å². The number of carbonyl (C=O) groups excluding carboxylic acids is 2. The lowest BCUT2D eigenvalue weighted by Gasteiger charge is -2.14. The Morgan fingerprint density at radius 3 is 2.56 bits per heavy atom. The lowest BCUT2D eigenvalue weighted by Crippen LogP contribution is -2.36. The largest absolute Gasteiger partial charge is 0.449 e. The maximum Gasteiger partial charge on any atom is 0.409 e. The molecule has 0 aromatic heterocycles. The van der Waals surface area contributed by atoms with E-state index in [1.54, 1.807) is 6.92 Å². The summed E-state index contributed by atoms with van der Waals surface area (Å²) in [7, 11) is 0. The van der Waals surface area contributed by atoms with Gasteiger partial charge in [-0.15, -0.1) is 0 Å². The van der Waals surface area contributed by atoms with Crippen molar-refractivity contribution in [2.24, 2.45) is 0 Å². The van der Waals surface area contributed by atoms with Crippen LogP contribution < -0.4 is 5.32 Å². The first-order valence-corrected chi connectivity index (χ1v) is 5.27. The Bertz CT molecular complexity index is 263. The fourth-order valence-electron chi connectivity index (χ4n) is 0.807. The number of hydrogen-bond acceptors (Lipinski definition) is 4. The van der Waals surface area contributed by atoms with Crippen molar-refractivity contribution in [2.75, 3.05) is 6.61 Å². The van der Waals surface area contributed by atoms with Gasteiger partial charge in [0.2, 0.25) is 0 Å². The van der Waals surface area contributed by atoms with Gasteiger partial charge in [0.25, 0.3) is 0 Å². The van der Waals surface area contributed by atoms with Gasteiger partial charge < -0.3 is 9.47 Å². The molecule has 0 aliphatic carbocycles. The van der Waals surface area contributed by atoms with Gasteiger partial charge >= 0.3 is 12.1 Å². The molecule has 5 nitrogen and oxygen atoms in total. The molecule has 1 atom stereocenters. The van der Waals surface area contributed by atoms with E-state index in [0.717, 1.165) is 12.8 Å². The van der Waals surface area contributed by atoms with Crippen LogP contribution in [0.25, 0.3) is 0 Å². The van der Waals surface area contributed by atoms with Crippen molar-refractivity contribution in [3.05, 3.63) is 12.2 Å². The van der Waals surface area contributed by atoms with Crippen molar-refractivity contribution in [3.8, 4) is 0 Å². The molecule has 0 aromatic rings. The van der Waals surface area contributed by atoms with Gasteiger partial charge in [0, 0.05) is 5.57 Å². The summed E-state index contributed by atoms with van der Waals surface area (Å²) < 4.78 is 9.67. The second-order valence-electron chi connectivity index (χ2n) is 3.46. The second-order valence-corrected chi connectivity index (χ2v) is 3.46. The van der Waals surface area contributed by atoms with Crippen molar-refractivity contribution in [2.45, 2.75) is 39.8 Å². The third-order valence-corrected chi connectivity index (χ3v) is 1.68. The van der Waals surface area contributed by atoms with Gasteiger partial charge in [-0.3, -0.25) is 5.32 Å². The molecule has 0 bridgehead atoms. The number of unbranched alkanes of at least 4 members (excludes halogenated alkanes) is 1. The Balaban J connectivity index is 3.78. The third-order valence-electron chi connectivity index (χ3n) is 1.68. The highest BCUT2D eigenvalue weighted by Gasteiger charge is 2.12. The maximum absolute atomic E-state index is 11.1. The van der Waals surface area contributed by atoms with E-state index >= 15 is 0 Å². The Morgan fingerprint density at radius 2 is 2.06 bits per heavy atom. The van der Waals surface area contributed by atoms with Crippen molar-refractivity contribution in [1.82, 2.24) is 5.32 Å². The summed E-state index contributed by atoms with van der Waals surface area (Å²) >= 11 is 0. The van der Waals surface area contributed by atoms with E-state index in [2.05, 4.69) is 11.9 Å². The minimum Gasteiger partial charge on any atom is -0.449 e. The molecule has 0 saturated carbocycles. The van der Waals surface area contributed by atoms with Gasteiger partial charge in [0.15, 0.2) is 6.23 Å². The van der Waals surface area contributed by atoms with Gasteiger partial charge in [-0.2, -0.15) is 0 Å². The molecule has 5 heteroatoms. The number of hydrogen-bond donors (Lipinski definition) is 1. The molecule has 0 fully saturated rings. The smallest absolute Gasteiger partial charge is 0.409 e. The lowest BCUT2D eigenvalue weighted by atomic mass is 10.4. The van der Waals surface area contributed by atoms with Crippen LogP contribution in [0.5, 0.6) is 0 Å². The van der Waals surface area contributed by atoms with E-state index in [1.807, 2.05) is 6.92 Å². The lowest BCUT2D eigenvalue weighted by molar-refractivity contribution is -0.144. The van der Waals surface area contributed by atoms with Crippen molar-refractivity contribution in [3.63, 3.8) is 0 Å². The highest BCUT2D eigenvalue weighted by Crippen LogP contribution is 1.96. The molecule has 0 rings (SSSR count). The van der Waals surface area contributed by atoms with Gasteiger partial charge in [0.05, 0.1) is 6.61 Å². The average Bonchev–Trinajstić information content (AvgIpc) is 2.17. The van der Waals surface area contributed by atoms with Crippen LogP contribution in [0, 0.1) is 0 Å². The molecule has 0 radical (unpaired) electrons. The van der Waals surface area contributed by atoms with Gasteiger partial charge in [0.1, 0.15) is 0 Å². The number of rotatable bonds is 6. The Kier molecular flexibility index (Phi) is 7.00. The van der Waals surface area contributed by atoms with E-state index < -0.39 is 18.3 Å². The Morgan fingerprint density at radius 1 is 1.44 bits per heavy atom.